The number of aliphatic hydroxyl groups is 1. The Bertz CT molecular complexity index is 108. The van der Waals surface area contributed by atoms with Gasteiger partial charge in [-0.1, -0.05) is 0 Å². The van der Waals surface area contributed by atoms with E-state index in [1.54, 1.807) is 0 Å². The Morgan fingerprint density at radius 1 is 1.86 bits per heavy atom. The van der Waals surface area contributed by atoms with Crippen LogP contribution in [-0.4, -0.2) is 15.9 Å². The molecule has 3 heteroatoms. The van der Waals surface area contributed by atoms with Crippen LogP contribution in [0, 0.1) is 6.58 Å². The maximum absolute atomic E-state index is 8.32. The summed E-state index contributed by atoms with van der Waals surface area (Å²) in [7, 11) is 0. The molecule has 0 saturated carbocycles. The van der Waals surface area contributed by atoms with Gasteiger partial charge in [-0.15, -0.1) is 0 Å². The summed E-state index contributed by atoms with van der Waals surface area (Å²) in [5.74, 6) is 0. The molecule has 0 radical (unpaired) electrons. The molecule has 0 heterocycles. The van der Waals surface area contributed by atoms with E-state index in [0.29, 0.717) is 0 Å². The van der Waals surface area contributed by atoms with E-state index in [2.05, 4.69) is 20.8 Å². The summed E-state index contributed by atoms with van der Waals surface area (Å²) in [5.41, 5.74) is 0. The minimum absolute atomic E-state index is 0.0294. The fraction of sp³-hybridized carbons (Fsp3) is 0. The zero-order valence-corrected chi connectivity index (χ0v) is 4.81. The normalized spacial score (nSPS) is 9.29. The summed E-state index contributed by atoms with van der Waals surface area (Å²) in [5, 5.41) is 8.32. The number of aliphatic hydroxyl groups excluding tert-OH is 1. The van der Waals surface area contributed by atoms with Gasteiger partial charge in [0.2, 0.25) is 0 Å². The Morgan fingerprint density at radius 2 is 2.43 bits per heavy atom. The van der Waals surface area contributed by atoms with E-state index in [0.717, 1.165) is 6.20 Å². The van der Waals surface area contributed by atoms with E-state index in [1.807, 2.05) is 0 Å². The van der Waals surface area contributed by atoms with E-state index in [-0.39, 0.29) is 4.57 Å². The summed E-state index contributed by atoms with van der Waals surface area (Å²) >= 11 is 2.32. The van der Waals surface area contributed by atoms with Crippen LogP contribution in [0.3, 0.4) is 0 Å². The Balaban J connectivity index is 3.46. The SMILES string of the molecule is [CH-]=CN=C[C](O)=[Cr]. The average molecular weight is 134 g/mol. The van der Waals surface area contributed by atoms with Gasteiger partial charge in [-0.25, -0.2) is 0 Å². The van der Waals surface area contributed by atoms with Gasteiger partial charge in [0.1, 0.15) is 0 Å². The van der Waals surface area contributed by atoms with Gasteiger partial charge in [0.25, 0.3) is 0 Å². The Labute approximate surface area is 50.2 Å². The van der Waals surface area contributed by atoms with Crippen molar-refractivity contribution in [1.82, 2.24) is 0 Å². The second-order valence-corrected chi connectivity index (χ2v) is 1.42. The molecule has 0 aromatic heterocycles. The molecule has 0 bridgehead atoms. The van der Waals surface area contributed by atoms with Crippen molar-refractivity contribution in [3.8, 4) is 0 Å². The van der Waals surface area contributed by atoms with E-state index >= 15 is 0 Å². The summed E-state index contributed by atoms with van der Waals surface area (Å²) in [6, 6.07) is 0. The van der Waals surface area contributed by atoms with Crippen LogP contribution in [0.5, 0.6) is 0 Å². The van der Waals surface area contributed by atoms with Gasteiger partial charge in [-0.05, 0) is 0 Å². The fourth-order valence-electron chi connectivity index (χ4n) is 0.107. The third-order valence-corrected chi connectivity index (χ3v) is 0.436. The van der Waals surface area contributed by atoms with Crippen molar-refractivity contribution >= 4 is 10.8 Å². The van der Waals surface area contributed by atoms with Crippen molar-refractivity contribution in [2.24, 2.45) is 4.99 Å². The Morgan fingerprint density at radius 3 is 2.57 bits per heavy atom. The van der Waals surface area contributed by atoms with Gasteiger partial charge >= 0.3 is 49.5 Å². The molecule has 0 spiro atoms. The van der Waals surface area contributed by atoms with Crippen molar-refractivity contribution in [3.63, 3.8) is 0 Å². The van der Waals surface area contributed by atoms with Gasteiger partial charge in [-0.3, -0.25) is 0 Å². The topological polar surface area (TPSA) is 32.6 Å². The van der Waals surface area contributed by atoms with Crippen LogP contribution in [-0.2, 0) is 15.9 Å². The summed E-state index contributed by atoms with van der Waals surface area (Å²) < 4.78 is 0.0294. The van der Waals surface area contributed by atoms with Crippen molar-refractivity contribution < 1.29 is 21.0 Å². The van der Waals surface area contributed by atoms with Crippen LogP contribution in [0.25, 0.3) is 0 Å². The quantitative estimate of drug-likeness (QED) is 0.420. The molecule has 38 valence electrons. The molecule has 7 heavy (non-hydrogen) atoms. The molecular formula is C4H4CrNO-. The zero-order valence-electron chi connectivity index (χ0n) is 3.53. The van der Waals surface area contributed by atoms with E-state index < -0.39 is 0 Å². The third kappa shape index (κ3) is 5.77. The molecule has 0 atom stereocenters. The first-order chi connectivity index (χ1) is 3.27. The van der Waals surface area contributed by atoms with Gasteiger partial charge < -0.3 is 0 Å². The summed E-state index contributed by atoms with van der Waals surface area (Å²) in [6.07, 6.45) is 2.30. The molecule has 0 aromatic carbocycles. The Kier molecular flexibility index (Phi) is 3.82. The molecule has 0 unspecified atom stereocenters. The first-order valence-corrected chi connectivity index (χ1v) is 2.20. The van der Waals surface area contributed by atoms with Crippen LogP contribution < -0.4 is 0 Å². The van der Waals surface area contributed by atoms with E-state index in [4.69, 9.17) is 11.7 Å². The first kappa shape index (κ1) is 6.77. The number of hydrogen-bond donors (Lipinski definition) is 1. The van der Waals surface area contributed by atoms with E-state index in [9.17, 15) is 0 Å². The fourth-order valence-corrected chi connectivity index (χ4v) is 0.202. The average Bonchev–Trinajstić information content (AvgIpc) is 1.61. The maximum atomic E-state index is 8.32. The summed E-state index contributed by atoms with van der Waals surface area (Å²) in [4.78, 5) is 3.38. The molecule has 0 fully saturated rings. The Hall–Kier alpha value is -0.228. The molecule has 2 nitrogen and oxygen atoms in total. The molecular weight excluding hydrogens is 130 g/mol. The molecule has 0 amide bonds. The zero-order chi connectivity index (χ0) is 5.70. The number of rotatable bonds is 2. The predicted molar refractivity (Wildman–Crippen MR) is 24.3 cm³/mol. The van der Waals surface area contributed by atoms with Gasteiger partial charge in [0.05, 0.1) is 0 Å². The van der Waals surface area contributed by atoms with Crippen molar-refractivity contribution in [3.05, 3.63) is 12.8 Å². The van der Waals surface area contributed by atoms with Crippen molar-refractivity contribution in [1.29, 1.82) is 0 Å². The van der Waals surface area contributed by atoms with Crippen molar-refractivity contribution in [2.45, 2.75) is 0 Å². The molecule has 0 aliphatic heterocycles. The van der Waals surface area contributed by atoms with Gasteiger partial charge in [0.15, 0.2) is 0 Å². The number of nitrogens with zero attached hydrogens (tertiary/aromatic N) is 1. The van der Waals surface area contributed by atoms with Crippen LogP contribution in [0.1, 0.15) is 0 Å². The second kappa shape index (κ2) is 3.95. The van der Waals surface area contributed by atoms with Crippen LogP contribution >= 0.6 is 0 Å². The van der Waals surface area contributed by atoms with Gasteiger partial charge in [-0.2, -0.15) is 0 Å². The molecule has 0 rings (SSSR count). The third-order valence-electron chi connectivity index (χ3n) is 0.271. The van der Waals surface area contributed by atoms with Crippen molar-refractivity contribution in [2.75, 3.05) is 0 Å². The number of hydrogen-bond acceptors (Lipinski definition) is 2. The van der Waals surface area contributed by atoms with Crippen LogP contribution in [0.2, 0.25) is 0 Å². The molecule has 0 aromatic rings. The minimum atomic E-state index is 0.0294. The second-order valence-electron chi connectivity index (χ2n) is 0.765. The predicted octanol–water partition coefficient (Wildman–Crippen LogP) is 0.0531. The van der Waals surface area contributed by atoms with Crippen LogP contribution in [0.4, 0.5) is 0 Å². The van der Waals surface area contributed by atoms with E-state index in [1.165, 1.54) is 6.21 Å². The molecule has 1 N–H and O–H groups in total. The van der Waals surface area contributed by atoms with Gasteiger partial charge in [0, 0.05) is 0 Å². The monoisotopic (exact) mass is 134 g/mol. The molecule has 0 saturated heterocycles. The van der Waals surface area contributed by atoms with Crippen LogP contribution in [0.15, 0.2) is 11.2 Å². The number of aliphatic imine (C=N–C) groups is 1. The summed E-state index contributed by atoms with van der Waals surface area (Å²) in [6.45, 7) is 4.82. The molecule has 0 aliphatic carbocycles. The molecule has 0 aliphatic rings. The standard InChI is InChI=1S/C4H4NO.Cr/c1-2-5-3-4-6;/h1-3,6H;/q-1;. The first-order valence-electron chi connectivity index (χ1n) is 1.57.